The van der Waals surface area contributed by atoms with Gasteiger partial charge in [-0.25, -0.2) is 13.4 Å². The molecular formula is C18H34IN5O2S2. The lowest BCUT2D eigenvalue weighted by molar-refractivity contribution is 0.176. The van der Waals surface area contributed by atoms with Crippen LogP contribution >= 0.6 is 35.3 Å². The molecule has 0 spiro atoms. The summed E-state index contributed by atoms with van der Waals surface area (Å²) >= 11 is 1.72. The molecule has 0 radical (unpaired) electrons. The van der Waals surface area contributed by atoms with Crippen molar-refractivity contribution in [2.45, 2.75) is 45.7 Å². The van der Waals surface area contributed by atoms with E-state index < -0.39 is 9.84 Å². The molecule has 28 heavy (non-hydrogen) atoms. The summed E-state index contributed by atoms with van der Waals surface area (Å²) in [7, 11) is -1.18. The van der Waals surface area contributed by atoms with Gasteiger partial charge in [-0.3, -0.25) is 9.89 Å². The topological polar surface area (TPSA) is 86.7 Å². The van der Waals surface area contributed by atoms with Crippen molar-refractivity contribution in [2.24, 2.45) is 10.9 Å². The fraction of sp³-hybridized carbons (Fsp3) is 0.778. The van der Waals surface area contributed by atoms with Crippen LogP contribution in [0.1, 0.15) is 36.9 Å². The van der Waals surface area contributed by atoms with Crippen LogP contribution in [0.15, 0.2) is 10.4 Å². The van der Waals surface area contributed by atoms with Gasteiger partial charge in [-0.1, -0.05) is 0 Å². The monoisotopic (exact) mass is 543 g/mol. The summed E-state index contributed by atoms with van der Waals surface area (Å²) in [5, 5.41) is 9.96. The lowest BCUT2D eigenvalue weighted by Gasteiger charge is -2.32. The van der Waals surface area contributed by atoms with Crippen molar-refractivity contribution in [3.05, 3.63) is 16.1 Å². The van der Waals surface area contributed by atoms with Crippen LogP contribution in [0.4, 0.5) is 0 Å². The Labute approximate surface area is 190 Å². The normalized spacial score (nSPS) is 17.8. The summed E-state index contributed by atoms with van der Waals surface area (Å²) in [5.41, 5.74) is 1.18. The summed E-state index contributed by atoms with van der Waals surface area (Å²) in [6.45, 7) is 8.07. The highest BCUT2D eigenvalue weighted by Crippen LogP contribution is 2.19. The van der Waals surface area contributed by atoms with Gasteiger partial charge in [0.05, 0.1) is 16.5 Å². The first-order valence-electron chi connectivity index (χ1n) is 9.53. The van der Waals surface area contributed by atoms with E-state index >= 15 is 0 Å². The van der Waals surface area contributed by atoms with Crippen LogP contribution < -0.4 is 10.6 Å². The predicted molar refractivity (Wildman–Crippen MR) is 129 cm³/mol. The third-order valence-electron chi connectivity index (χ3n) is 4.85. The Morgan fingerprint density at radius 2 is 2.11 bits per heavy atom. The number of hydrogen-bond donors (Lipinski definition) is 2. The van der Waals surface area contributed by atoms with Crippen LogP contribution in [0, 0.1) is 12.8 Å². The molecule has 0 aromatic carbocycles. The molecule has 2 rings (SSSR count). The number of likely N-dealkylation sites (tertiary alicyclic amines) is 1. The first-order chi connectivity index (χ1) is 12.7. The van der Waals surface area contributed by atoms with Crippen LogP contribution in [0.25, 0.3) is 0 Å². The second-order valence-electron chi connectivity index (χ2n) is 7.49. The van der Waals surface area contributed by atoms with Crippen molar-refractivity contribution in [2.75, 3.05) is 38.7 Å². The second-order valence-corrected chi connectivity index (χ2v) is 10.8. The molecule has 0 saturated carbocycles. The molecule has 1 unspecified atom stereocenters. The van der Waals surface area contributed by atoms with Gasteiger partial charge in [0.15, 0.2) is 5.96 Å². The molecule has 0 amide bonds. The minimum Gasteiger partial charge on any atom is -0.356 e. The van der Waals surface area contributed by atoms with E-state index in [0.717, 1.165) is 50.0 Å². The van der Waals surface area contributed by atoms with Crippen LogP contribution in [0.5, 0.6) is 0 Å². The van der Waals surface area contributed by atoms with Crippen LogP contribution in [0.2, 0.25) is 0 Å². The van der Waals surface area contributed by atoms with Gasteiger partial charge in [0.2, 0.25) is 0 Å². The number of rotatable bonds is 8. The van der Waals surface area contributed by atoms with Crippen molar-refractivity contribution >= 4 is 51.1 Å². The molecule has 1 saturated heterocycles. The fourth-order valence-corrected chi connectivity index (χ4v) is 4.58. The Kier molecular flexibility index (Phi) is 11.2. The summed E-state index contributed by atoms with van der Waals surface area (Å²) in [4.78, 5) is 11.3. The number of aryl methyl sites for hydroxylation is 1. The molecule has 1 aliphatic heterocycles. The van der Waals surface area contributed by atoms with E-state index in [-0.39, 0.29) is 35.8 Å². The van der Waals surface area contributed by atoms with Crippen molar-refractivity contribution in [1.82, 2.24) is 20.5 Å². The van der Waals surface area contributed by atoms with Gasteiger partial charge < -0.3 is 10.6 Å². The highest BCUT2D eigenvalue weighted by molar-refractivity contribution is 14.0. The SMILES string of the molecule is CN=C(NCC1CCN(Cc2csc(C)n2)CC1)NC(C)CCS(C)(=O)=O.I. The maximum atomic E-state index is 11.3. The number of sulfone groups is 1. The maximum Gasteiger partial charge on any atom is 0.191 e. The van der Waals surface area contributed by atoms with E-state index in [1.54, 1.807) is 18.4 Å². The van der Waals surface area contributed by atoms with Gasteiger partial charge in [0.25, 0.3) is 0 Å². The number of nitrogens with one attached hydrogen (secondary N) is 2. The number of halogens is 1. The molecule has 2 heterocycles. The first-order valence-corrected chi connectivity index (χ1v) is 12.5. The summed E-state index contributed by atoms with van der Waals surface area (Å²) < 4.78 is 22.6. The second kappa shape index (κ2) is 12.3. The minimum atomic E-state index is -2.93. The molecule has 162 valence electrons. The fourth-order valence-electron chi connectivity index (χ4n) is 3.19. The number of aliphatic imine (C=N–C) groups is 1. The highest BCUT2D eigenvalue weighted by atomic mass is 127. The molecule has 2 N–H and O–H groups in total. The Balaban J connectivity index is 0.00000392. The summed E-state index contributed by atoms with van der Waals surface area (Å²) in [5.74, 6) is 1.56. The zero-order chi connectivity index (χ0) is 19.9. The first kappa shape index (κ1) is 25.6. The lowest BCUT2D eigenvalue weighted by atomic mass is 9.97. The molecule has 0 aliphatic carbocycles. The molecule has 1 aromatic heterocycles. The molecule has 1 atom stereocenters. The molecule has 0 bridgehead atoms. The molecule has 1 fully saturated rings. The smallest absolute Gasteiger partial charge is 0.191 e. The van der Waals surface area contributed by atoms with Crippen molar-refractivity contribution in [3.63, 3.8) is 0 Å². The minimum absolute atomic E-state index is 0. The Bertz CT molecular complexity index is 715. The lowest BCUT2D eigenvalue weighted by Crippen LogP contribution is -2.45. The van der Waals surface area contributed by atoms with Gasteiger partial charge >= 0.3 is 0 Å². The number of hydrogen-bond acceptors (Lipinski definition) is 6. The average Bonchev–Trinajstić information content (AvgIpc) is 3.02. The Hall–Kier alpha value is -0.460. The Morgan fingerprint density at radius 3 is 2.64 bits per heavy atom. The van der Waals surface area contributed by atoms with Crippen molar-refractivity contribution in [3.8, 4) is 0 Å². The van der Waals surface area contributed by atoms with E-state index in [2.05, 4.69) is 37.8 Å². The summed E-state index contributed by atoms with van der Waals surface area (Å²) in [6.07, 6.45) is 4.18. The number of guanidine groups is 1. The van der Waals surface area contributed by atoms with E-state index in [1.165, 1.54) is 11.9 Å². The maximum absolute atomic E-state index is 11.3. The standard InChI is InChI=1S/C18H33N5O2S2.HI/c1-14(7-10-27(4,24)25)21-18(19-3)20-11-16-5-8-23(9-6-16)12-17-13-26-15(2)22-17;/h13-14,16H,5-12H2,1-4H3,(H2,19,20,21);1H. The zero-order valence-corrected chi connectivity index (χ0v) is 21.2. The van der Waals surface area contributed by atoms with Gasteiger partial charge in [-0.2, -0.15) is 0 Å². The molecule has 1 aromatic rings. The van der Waals surface area contributed by atoms with Crippen molar-refractivity contribution < 1.29 is 8.42 Å². The molecule has 7 nitrogen and oxygen atoms in total. The average molecular weight is 544 g/mol. The van der Waals surface area contributed by atoms with Gasteiger partial charge in [0.1, 0.15) is 9.84 Å². The van der Waals surface area contributed by atoms with Gasteiger partial charge in [-0.05, 0) is 52.1 Å². The van der Waals surface area contributed by atoms with E-state index in [1.807, 2.05) is 6.92 Å². The quantitative estimate of drug-likeness (QED) is 0.297. The van der Waals surface area contributed by atoms with Crippen molar-refractivity contribution in [1.29, 1.82) is 0 Å². The molecule has 10 heteroatoms. The largest absolute Gasteiger partial charge is 0.356 e. The highest BCUT2D eigenvalue weighted by Gasteiger charge is 2.20. The van der Waals surface area contributed by atoms with E-state index in [0.29, 0.717) is 12.3 Å². The molecular weight excluding hydrogens is 509 g/mol. The van der Waals surface area contributed by atoms with Crippen LogP contribution in [-0.2, 0) is 16.4 Å². The predicted octanol–water partition coefficient (Wildman–Crippen LogP) is 2.27. The van der Waals surface area contributed by atoms with Gasteiger partial charge in [-0.15, -0.1) is 35.3 Å². The third kappa shape index (κ3) is 9.84. The van der Waals surface area contributed by atoms with Crippen LogP contribution in [0.3, 0.4) is 0 Å². The van der Waals surface area contributed by atoms with Gasteiger partial charge in [0, 0.05) is 37.8 Å². The Morgan fingerprint density at radius 1 is 1.43 bits per heavy atom. The van der Waals surface area contributed by atoms with E-state index in [9.17, 15) is 8.42 Å². The van der Waals surface area contributed by atoms with E-state index in [4.69, 9.17) is 0 Å². The summed E-state index contributed by atoms with van der Waals surface area (Å²) in [6, 6.07) is 0.0642. The third-order valence-corrected chi connectivity index (χ3v) is 6.65. The van der Waals surface area contributed by atoms with Crippen LogP contribution in [-0.4, -0.2) is 69.0 Å². The number of piperidine rings is 1. The number of aromatic nitrogens is 1. The number of nitrogens with zero attached hydrogens (tertiary/aromatic N) is 3. The molecule has 1 aliphatic rings. The number of thiazole rings is 1. The zero-order valence-electron chi connectivity index (χ0n) is 17.3.